The van der Waals surface area contributed by atoms with Crippen molar-refractivity contribution in [2.75, 3.05) is 33.3 Å². The van der Waals surface area contributed by atoms with Crippen molar-refractivity contribution in [2.24, 2.45) is 10.9 Å². The average Bonchev–Trinajstić information content (AvgIpc) is 3.44. The van der Waals surface area contributed by atoms with Crippen molar-refractivity contribution >= 4 is 11.9 Å². The van der Waals surface area contributed by atoms with Gasteiger partial charge in [0.2, 0.25) is 0 Å². The van der Waals surface area contributed by atoms with Gasteiger partial charge in [-0.05, 0) is 50.3 Å². The van der Waals surface area contributed by atoms with Gasteiger partial charge in [0.1, 0.15) is 5.82 Å². The van der Waals surface area contributed by atoms with Crippen LogP contribution in [0.4, 0.5) is 4.39 Å². The minimum Gasteiger partial charge on any atom is -0.466 e. The molecule has 1 aromatic carbocycles. The number of halogens is 1. The lowest BCUT2D eigenvalue weighted by atomic mass is 9.96. The summed E-state index contributed by atoms with van der Waals surface area (Å²) in [7, 11) is 1.77. The van der Waals surface area contributed by atoms with E-state index in [1.165, 1.54) is 17.7 Å². The lowest BCUT2D eigenvalue weighted by molar-refractivity contribution is -0.149. The lowest BCUT2D eigenvalue weighted by Gasteiger charge is -2.34. The van der Waals surface area contributed by atoms with Crippen LogP contribution in [0.3, 0.4) is 0 Å². The van der Waals surface area contributed by atoms with Crippen LogP contribution in [-0.4, -0.2) is 50.1 Å². The number of rotatable bonds is 5. The molecule has 1 unspecified atom stereocenters. The molecule has 5 nitrogen and oxygen atoms in total. The number of nitrogens with one attached hydrogen (secondary N) is 1. The van der Waals surface area contributed by atoms with Gasteiger partial charge in [0.15, 0.2) is 5.96 Å². The Balaban J connectivity index is 1.59. The molecule has 1 heterocycles. The van der Waals surface area contributed by atoms with Gasteiger partial charge in [-0.25, -0.2) is 4.39 Å². The molecule has 2 aliphatic rings. The maximum atomic E-state index is 13.2. The Hall–Kier alpha value is -2.11. The van der Waals surface area contributed by atoms with Crippen LogP contribution < -0.4 is 5.32 Å². The summed E-state index contributed by atoms with van der Waals surface area (Å²) in [6.45, 7) is 4.55. The predicted molar refractivity (Wildman–Crippen MR) is 99.6 cm³/mol. The maximum absolute atomic E-state index is 13.2. The van der Waals surface area contributed by atoms with Crippen molar-refractivity contribution in [2.45, 2.75) is 38.0 Å². The Morgan fingerprint density at radius 3 is 2.73 bits per heavy atom. The number of carbonyl (C=O) groups excluding carboxylic acids is 1. The van der Waals surface area contributed by atoms with Crippen LogP contribution >= 0.6 is 0 Å². The molecule has 0 bridgehead atoms. The molecule has 0 radical (unpaired) electrons. The summed E-state index contributed by atoms with van der Waals surface area (Å²) in [5.41, 5.74) is 1.24. The number of carbonyl (C=O) groups is 1. The van der Waals surface area contributed by atoms with E-state index in [-0.39, 0.29) is 23.1 Å². The minimum absolute atomic E-state index is 0.0694. The van der Waals surface area contributed by atoms with Gasteiger partial charge in [-0.3, -0.25) is 9.79 Å². The second kappa shape index (κ2) is 8.06. The van der Waals surface area contributed by atoms with E-state index in [1.807, 2.05) is 19.1 Å². The predicted octanol–water partition coefficient (Wildman–Crippen LogP) is 2.71. The lowest BCUT2D eigenvalue weighted by Crippen LogP contribution is -2.49. The molecular weight excluding hydrogens is 333 g/mol. The van der Waals surface area contributed by atoms with Gasteiger partial charge in [0.05, 0.1) is 12.5 Å². The van der Waals surface area contributed by atoms with Gasteiger partial charge in [-0.15, -0.1) is 0 Å². The molecule has 0 spiro atoms. The van der Waals surface area contributed by atoms with Crippen LogP contribution in [0.15, 0.2) is 29.3 Å². The highest BCUT2D eigenvalue weighted by molar-refractivity contribution is 5.81. The summed E-state index contributed by atoms with van der Waals surface area (Å²) in [6, 6.07) is 6.81. The first-order valence-electron chi connectivity index (χ1n) is 9.46. The van der Waals surface area contributed by atoms with Crippen LogP contribution in [0.1, 0.15) is 38.2 Å². The number of guanidine groups is 1. The molecule has 1 aliphatic carbocycles. The maximum Gasteiger partial charge on any atom is 0.310 e. The van der Waals surface area contributed by atoms with Crippen molar-refractivity contribution in [1.29, 1.82) is 0 Å². The van der Waals surface area contributed by atoms with Crippen LogP contribution in [0.5, 0.6) is 0 Å². The smallest absolute Gasteiger partial charge is 0.310 e. The second-order valence-corrected chi connectivity index (χ2v) is 7.23. The number of aliphatic imine (C=N–C) groups is 1. The SMILES string of the molecule is CCOC(=O)C1CCCN(C(=NC)NCC2(c3ccc(F)cc3)CC2)C1. The number of benzene rings is 1. The molecule has 1 saturated heterocycles. The minimum atomic E-state index is -0.202. The number of piperidine rings is 1. The summed E-state index contributed by atoms with van der Waals surface area (Å²) in [6.07, 6.45) is 4.00. The molecule has 0 amide bonds. The van der Waals surface area contributed by atoms with Gasteiger partial charge in [-0.2, -0.15) is 0 Å². The summed E-state index contributed by atoms with van der Waals surface area (Å²) < 4.78 is 18.4. The van der Waals surface area contributed by atoms with Gasteiger partial charge < -0.3 is 15.0 Å². The van der Waals surface area contributed by atoms with Gasteiger partial charge in [0.25, 0.3) is 0 Å². The molecule has 2 fully saturated rings. The Morgan fingerprint density at radius 1 is 1.38 bits per heavy atom. The molecule has 1 saturated carbocycles. The fraction of sp³-hybridized carbons (Fsp3) is 0.600. The zero-order chi connectivity index (χ0) is 18.6. The van der Waals surface area contributed by atoms with Crippen molar-refractivity contribution < 1.29 is 13.9 Å². The largest absolute Gasteiger partial charge is 0.466 e. The first kappa shape index (κ1) is 18.7. The zero-order valence-electron chi connectivity index (χ0n) is 15.6. The first-order chi connectivity index (χ1) is 12.6. The highest BCUT2D eigenvalue weighted by atomic mass is 19.1. The summed E-state index contributed by atoms with van der Waals surface area (Å²) in [4.78, 5) is 18.6. The van der Waals surface area contributed by atoms with Crippen molar-refractivity contribution in [1.82, 2.24) is 10.2 Å². The van der Waals surface area contributed by atoms with Gasteiger partial charge in [0, 0.05) is 32.1 Å². The number of hydrogen-bond donors (Lipinski definition) is 1. The van der Waals surface area contributed by atoms with Crippen LogP contribution in [0, 0.1) is 11.7 Å². The molecule has 1 aliphatic heterocycles. The fourth-order valence-corrected chi connectivity index (χ4v) is 3.72. The summed E-state index contributed by atoms with van der Waals surface area (Å²) in [5, 5.41) is 3.48. The Morgan fingerprint density at radius 2 is 2.12 bits per heavy atom. The first-order valence-corrected chi connectivity index (χ1v) is 9.46. The topological polar surface area (TPSA) is 53.9 Å². The highest BCUT2D eigenvalue weighted by Crippen LogP contribution is 2.47. The van der Waals surface area contributed by atoms with E-state index in [1.54, 1.807) is 7.05 Å². The van der Waals surface area contributed by atoms with E-state index >= 15 is 0 Å². The summed E-state index contributed by atoms with van der Waals surface area (Å²) in [5.74, 6) is 0.422. The van der Waals surface area contributed by atoms with E-state index in [0.717, 1.165) is 44.7 Å². The molecule has 3 rings (SSSR count). The standard InChI is InChI=1S/C20H28FN3O2/c1-3-26-18(25)15-5-4-12-24(13-15)19(22-2)23-14-20(10-11-20)16-6-8-17(21)9-7-16/h6-9,15H,3-5,10-14H2,1-2H3,(H,22,23). The van der Waals surface area contributed by atoms with Crippen molar-refractivity contribution in [3.05, 3.63) is 35.6 Å². The third-order valence-corrected chi connectivity index (χ3v) is 5.45. The molecule has 142 valence electrons. The molecule has 6 heteroatoms. The number of nitrogens with zero attached hydrogens (tertiary/aromatic N) is 2. The van der Waals surface area contributed by atoms with Crippen LogP contribution in [0.2, 0.25) is 0 Å². The number of esters is 1. The van der Waals surface area contributed by atoms with Gasteiger partial charge >= 0.3 is 5.97 Å². The summed E-state index contributed by atoms with van der Waals surface area (Å²) >= 11 is 0. The molecule has 0 aromatic heterocycles. The second-order valence-electron chi connectivity index (χ2n) is 7.23. The fourth-order valence-electron chi connectivity index (χ4n) is 3.72. The van der Waals surface area contributed by atoms with E-state index in [4.69, 9.17) is 4.74 Å². The van der Waals surface area contributed by atoms with Crippen LogP contribution in [-0.2, 0) is 14.9 Å². The van der Waals surface area contributed by atoms with E-state index in [9.17, 15) is 9.18 Å². The van der Waals surface area contributed by atoms with E-state index in [0.29, 0.717) is 13.2 Å². The molecule has 26 heavy (non-hydrogen) atoms. The van der Waals surface area contributed by atoms with Crippen LogP contribution in [0.25, 0.3) is 0 Å². The number of ether oxygens (including phenoxy) is 1. The Bertz CT molecular complexity index is 656. The number of hydrogen-bond acceptors (Lipinski definition) is 3. The van der Waals surface area contributed by atoms with E-state index in [2.05, 4.69) is 15.2 Å². The average molecular weight is 361 g/mol. The third-order valence-electron chi connectivity index (χ3n) is 5.45. The molecule has 1 aromatic rings. The normalized spacial score (nSPS) is 22.0. The highest BCUT2D eigenvalue weighted by Gasteiger charge is 2.44. The zero-order valence-corrected chi connectivity index (χ0v) is 15.6. The van der Waals surface area contributed by atoms with Crippen molar-refractivity contribution in [3.63, 3.8) is 0 Å². The Labute approximate surface area is 154 Å². The van der Waals surface area contributed by atoms with E-state index < -0.39 is 0 Å². The Kier molecular flexibility index (Phi) is 5.79. The quantitative estimate of drug-likeness (QED) is 0.498. The molecule has 1 N–H and O–H groups in total. The molecule has 1 atom stereocenters. The molecular formula is C20H28FN3O2. The third kappa shape index (κ3) is 4.17. The number of likely N-dealkylation sites (tertiary alicyclic amines) is 1. The van der Waals surface area contributed by atoms with Crippen molar-refractivity contribution in [3.8, 4) is 0 Å². The van der Waals surface area contributed by atoms with Gasteiger partial charge in [-0.1, -0.05) is 12.1 Å². The monoisotopic (exact) mass is 361 g/mol.